The Morgan fingerprint density at radius 2 is 1.40 bits per heavy atom. The minimum atomic E-state index is -0.358. The molecule has 0 saturated carbocycles. The van der Waals surface area contributed by atoms with E-state index in [-0.39, 0.29) is 24.2 Å². The minimum Gasteiger partial charge on any atom is -0.337 e. The molecule has 0 saturated heterocycles. The van der Waals surface area contributed by atoms with E-state index in [9.17, 15) is 14.0 Å². The smallest absolute Gasteiger partial charge is 0.278 e. The third-order valence-electron chi connectivity index (χ3n) is 5.11. The Morgan fingerprint density at radius 1 is 0.800 bits per heavy atom. The second kappa shape index (κ2) is 8.33. The molecule has 4 nitrogen and oxygen atoms in total. The number of nitrogens with zero attached hydrogens (tertiary/aromatic N) is 2. The maximum Gasteiger partial charge on any atom is 0.278 e. The summed E-state index contributed by atoms with van der Waals surface area (Å²) in [6.07, 6.45) is 0. The van der Waals surface area contributed by atoms with Gasteiger partial charge in [0.2, 0.25) is 0 Å². The monoisotopic (exact) mass is 400 g/mol. The van der Waals surface area contributed by atoms with Crippen molar-refractivity contribution in [3.8, 4) is 0 Å². The number of amides is 2. The van der Waals surface area contributed by atoms with Gasteiger partial charge in [-0.05, 0) is 42.3 Å². The van der Waals surface area contributed by atoms with Crippen molar-refractivity contribution in [1.82, 2.24) is 4.90 Å². The van der Waals surface area contributed by atoms with Crippen LogP contribution in [0.1, 0.15) is 18.1 Å². The average Bonchev–Trinajstić information content (AvgIpc) is 3.02. The molecule has 0 radical (unpaired) electrons. The minimum absolute atomic E-state index is 0.0874. The van der Waals surface area contributed by atoms with Crippen molar-refractivity contribution in [1.29, 1.82) is 0 Å². The van der Waals surface area contributed by atoms with E-state index in [4.69, 9.17) is 0 Å². The number of para-hydroxylation sites is 1. The van der Waals surface area contributed by atoms with Gasteiger partial charge in [-0.3, -0.25) is 14.5 Å². The molecule has 4 rings (SSSR count). The number of halogens is 1. The number of anilines is 1. The molecule has 0 atom stereocenters. The van der Waals surface area contributed by atoms with E-state index >= 15 is 0 Å². The molecule has 1 aliphatic rings. The molecular weight excluding hydrogens is 379 g/mol. The van der Waals surface area contributed by atoms with Gasteiger partial charge in [-0.2, -0.15) is 0 Å². The first-order valence-corrected chi connectivity index (χ1v) is 9.83. The third kappa shape index (κ3) is 3.62. The van der Waals surface area contributed by atoms with Gasteiger partial charge in [0, 0.05) is 12.2 Å². The molecule has 0 N–H and O–H groups in total. The lowest BCUT2D eigenvalue weighted by Gasteiger charge is -2.25. The van der Waals surface area contributed by atoms with Crippen LogP contribution in [0.4, 0.5) is 10.1 Å². The number of carbonyl (C=O) groups is 2. The number of rotatable bonds is 6. The van der Waals surface area contributed by atoms with Crippen LogP contribution in [-0.4, -0.2) is 23.3 Å². The highest BCUT2D eigenvalue weighted by Crippen LogP contribution is 2.34. The van der Waals surface area contributed by atoms with Crippen LogP contribution in [0, 0.1) is 5.82 Å². The van der Waals surface area contributed by atoms with Crippen molar-refractivity contribution in [2.45, 2.75) is 13.5 Å². The van der Waals surface area contributed by atoms with Crippen LogP contribution in [0.25, 0.3) is 5.57 Å². The van der Waals surface area contributed by atoms with E-state index in [0.717, 1.165) is 5.69 Å². The molecule has 150 valence electrons. The molecule has 0 aromatic heterocycles. The number of hydrogen-bond donors (Lipinski definition) is 0. The first-order chi connectivity index (χ1) is 14.6. The second-order valence-corrected chi connectivity index (χ2v) is 6.99. The molecule has 1 heterocycles. The predicted octanol–water partition coefficient (Wildman–Crippen LogP) is 4.63. The van der Waals surface area contributed by atoms with Crippen molar-refractivity contribution in [3.05, 3.63) is 108 Å². The standard InChI is InChI=1S/C25H21FN2O2/c1-2-27(21-11-7-4-8-12-21)23-22(19-9-5-3-6-10-19)24(29)28(25(23)30)17-18-13-15-20(26)16-14-18/h3-16H,2,17H2,1H3. The summed E-state index contributed by atoms with van der Waals surface area (Å²) in [6.45, 7) is 2.56. The Hall–Kier alpha value is -3.73. The van der Waals surface area contributed by atoms with Crippen molar-refractivity contribution in [2.24, 2.45) is 0 Å². The average molecular weight is 400 g/mol. The number of carbonyl (C=O) groups excluding carboxylic acids is 2. The van der Waals surface area contributed by atoms with Gasteiger partial charge >= 0.3 is 0 Å². The highest BCUT2D eigenvalue weighted by Gasteiger charge is 2.41. The maximum atomic E-state index is 13.5. The Morgan fingerprint density at radius 3 is 2.00 bits per heavy atom. The number of hydrogen-bond acceptors (Lipinski definition) is 3. The molecule has 0 spiro atoms. The van der Waals surface area contributed by atoms with Gasteiger partial charge in [-0.25, -0.2) is 4.39 Å². The summed E-state index contributed by atoms with van der Waals surface area (Å²) in [7, 11) is 0. The van der Waals surface area contributed by atoms with Crippen molar-refractivity contribution >= 4 is 23.1 Å². The van der Waals surface area contributed by atoms with Crippen molar-refractivity contribution < 1.29 is 14.0 Å². The van der Waals surface area contributed by atoms with Crippen LogP contribution in [-0.2, 0) is 16.1 Å². The lowest BCUT2D eigenvalue weighted by atomic mass is 10.0. The van der Waals surface area contributed by atoms with Crippen LogP contribution < -0.4 is 4.90 Å². The summed E-state index contributed by atoms with van der Waals surface area (Å²) in [5.41, 5.74) is 2.97. The van der Waals surface area contributed by atoms with Gasteiger partial charge in [0.25, 0.3) is 11.8 Å². The third-order valence-corrected chi connectivity index (χ3v) is 5.11. The molecule has 1 aliphatic heterocycles. The zero-order valence-corrected chi connectivity index (χ0v) is 16.6. The van der Waals surface area contributed by atoms with Gasteiger partial charge in [0.05, 0.1) is 12.1 Å². The van der Waals surface area contributed by atoms with Crippen LogP contribution in [0.2, 0.25) is 0 Å². The largest absolute Gasteiger partial charge is 0.337 e. The molecule has 2 amide bonds. The van der Waals surface area contributed by atoms with Gasteiger partial charge in [-0.1, -0.05) is 60.7 Å². The van der Waals surface area contributed by atoms with E-state index in [1.165, 1.54) is 17.0 Å². The Balaban J connectivity index is 1.80. The number of benzene rings is 3. The van der Waals surface area contributed by atoms with Gasteiger partial charge in [0.1, 0.15) is 11.5 Å². The molecule has 0 unspecified atom stereocenters. The van der Waals surface area contributed by atoms with Gasteiger partial charge in [0.15, 0.2) is 0 Å². The number of likely N-dealkylation sites (N-methyl/N-ethyl adjacent to an activating group) is 1. The van der Waals surface area contributed by atoms with Crippen LogP contribution in [0.3, 0.4) is 0 Å². The van der Waals surface area contributed by atoms with Gasteiger partial charge < -0.3 is 4.90 Å². The Bertz CT molecular complexity index is 1090. The normalized spacial score (nSPS) is 13.9. The highest BCUT2D eigenvalue weighted by molar-refractivity contribution is 6.36. The molecule has 0 fully saturated rings. The zero-order chi connectivity index (χ0) is 21.1. The molecule has 0 aliphatic carbocycles. The van der Waals surface area contributed by atoms with E-state index < -0.39 is 0 Å². The fraction of sp³-hybridized carbons (Fsp3) is 0.120. The molecule has 5 heteroatoms. The molecule has 0 bridgehead atoms. The Labute approximate surface area is 174 Å². The first-order valence-electron chi connectivity index (χ1n) is 9.83. The summed E-state index contributed by atoms with van der Waals surface area (Å²) in [6, 6.07) is 24.6. The lowest BCUT2D eigenvalue weighted by molar-refractivity contribution is -0.137. The molecule has 3 aromatic rings. The van der Waals surface area contributed by atoms with Crippen LogP contribution in [0.5, 0.6) is 0 Å². The fourth-order valence-corrected chi connectivity index (χ4v) is 3.67. The summed E-state index contributed by atoms with van der Waals surface area (Å²) in [5.74, 6) is -1.06. The molecular formula is C25H21FN2O2. The second-order valence-electron chi connectivity index (χ2n) is 6.99. The molecule has 30 heavy (non-hydrogen) atoms. The summed E-state index contributed by atoms with van der Waals surface area (Å²) in [4.78, 5) is 30.0. The van der Waals surface area contributed by atoms with Crippen LogP contribution >= 0.6 is 0 Å². The quantitative estimate of drug-likeness (QED) is 0.567. The first kappa shape index (κ1) is 19.6. The lowest BCUT2D eigenvalue weighted by Crippen LogP contribution is -2.34. The summed E-state index contributed by atoms with van der Waals surface area (Å²) >= 11 is 0. The van der Waals surface area contributed by atoms with Crippen LogP contribution in [0.15, 0.2) is 90.6 Å². The topological polar surface area (TPSA) is 40.6 Å². The summed E-state index contributed by atoms with van der Waals surface area (Å²) < 4.78 is 13.3. The van der Waals surface area contributed by atoms with Crippen molar-refractivity contribution in [2.75, 3.05) is 11.4 Å². The van der Waals surface area contributed by atoms with E-state index in [0.29, 0.717) is 28.9 Å². The fourth-order valence-electron chi connectivity index (χ4n) is 3.67. The summed E-state index contributed by atoms with van der Waals surface area (Å²) in [5, 5.41) is 0. The zero-order valence-electron chi connectivity index (χ0n) is 16.6. The van der Waals surface area contributed by atoms with E-state index in [1.807, 2.05) is 72.5 Å². The SMILES string of the molecule is CCN(C1=C(c2ccccc2)C(=O)N(Cc2ccc(F)cc2)C1=O)c1ccccc1. The Kier molecular flexibility index (Phi) is 5.44. The highest BCUT2D eigenvalue weighted by atomic mass is 19.1. The van der Waals surface area contributed by atoms with E-state index in [2.05, 4.69) is 0 Å². The predicted molar refractivity (Wildman–Crippen MR) is 115 cm³/mol. The molecule has 3 aromatic carbocycles. The maximum absolute atomic E-state index is 13.5. The number of imide groups is 1. The van der Waals surface area contributed by atoms with Gasteiger partial charge in [-0.15, -0.1) is 0 Å². The van der Waals surface area contributed by atoms with E-state index in [1.54, 1.807) is 12.1 Å². The van der Waals surface area contributed by atoms with Crippen molar-refractivity contribution in [3.63, 3.8) is 0 Å².